The molecule has 0 radical (unpaired) electrons. The van der Waals surface area contributed by atoms with Crippen molar-refractivity contribution in [2.45, 2.75) is 0 Å². The molecule has 2 aromatic carbocycles. The van der Waals surface area contributed by atoms with E-state index >= 15 is 0 Å². The van der Waals surface area contributed by atoms with Crippen LogP contribution in [0.3, 0.4) is 0 Å². The van der Waals surface area contributed by atoms with Gasteiger partial charge in [0.2, 0.25) is 5.43 Å². The smallest absolute Gasteiger partial charge is 0.871 e. The normalized spacial score (nSPS) is 10.1. The van der Waals surface area contributed by atoms with E-state index in [4.69, 9.17) is 4.42 Å². The molecule has 5 nitrogen and oxygen atoms in total. The summed E-state index contributed by atoms with van der Waals surface area (Å²) in [5, 5.41) is 24.7. The number of carbonyl (C=O) groups is 1. The van der Waals surface area contributed by atoms with Crippen LogP contribution in [-0.4, -0.2) is 5.97 Å². The number of halogens is 4. The van der Waals surface area contributed by atoms with Crippen LogP contribution in [-0.2, 0) is 0 Å². The van der Waals surface area contributed by atoms with Gasteiger partial charge >= 0.3 is 59.1 Å². The number of carboxylic acids is 1. The molecule has 1 heterocycles. The molecule has 1 aliphatic heterocycles. The Balaban J connectivity index is 0.00000133. The molecular formula is C22H10Br4Na2O5. The zero-order valence-corrected chi connectivity index (χ0v) is 27.8. The average molecular weight is 720 g/mol. The summed E-state index contributed by atoms with van der Waals surface area (Å²) in [5.41, 5.74) is 1.17. The van der Waals surface area contributed by atoms with Gasteiger partial charge in [0, 0.05) is 26.5 Å². The summed E-state index contributed by atoms with van der Waals surface area (Å²) in [5.74, 6) is -1.49. The van der Waals surface area contributed by atoms with Crippen molar-refractivity contribution in [1.29, 1.82) is 0 Å². The van der Waals surface area contributed by atoms with E-state index in [1.807, 2.05) is 0 Å². The summed E-state index contributed by atoms with van der Waals surface area (Å²) < 4.78 is 6.80. The SMILES string of the molecule is C=C.O=C([O-])c1ccccc1-c1c2cc(Br)c(=O)c(Br)c-2oc2c(Br)c([O-])c(Br)cc12.[Na+].[Na+]. The maximum Gasteiger partial charge on any atom is 1.00 e. The van der Waals surface area contributed by atoms with Gasteiger partial charge in [-0.1, -0.05) is 45.9 Å². The molecule has 0 aromatic heterocycles. The molecule has 33 heavy (non-hydrogen) atoms. The third-order valence-electron chi connectivity index (χ3n) is 4.42. The number of rotatable bonds is 2. The molecule has 0 amide bonds. The van der Waals surface area contributed by atoms with E-state index in [0.29, 0.717) is 22.1 Å². The standard InChI is InChI=1S/C20H8Br4O5.C2H4.2Na/c21-11-5-9-13(7-3-1-2-4-8(7)20(27)28)10-6-12(22)17(26)15(24)19(10)29-18(9)14(23)16(11)25;1-2;;/h1-6,25H,(H,27,28);1-2H2;;/q;;2*+1/p-2. The first-order chi connectivity index (χ1) is 14.7. The maximum atomic E-state index is 12.4. The summed E-state index contributed by atoms with van der Waals surface area (Å²) in [6.45, 7) is 6.00. The quantitative estimate of drug-likeness (QED) is 0.164. The minimum Gasteiger partial charge on any atom is -0.871 e. The molecule has 0 fully saturated rings. The fourth-order valence-corrected chi connectivity index (χ4v) is 5.56. The van der Waals surface area contributed by atoms with Gasteiger partial charge < -0.3 is 19.4 Å². The van der Waals surface area contributed by atoms with Crippen LogP contribution >= 0.6 is 63.7 Å². The molecule has 0 spiro atoms. The zero-order chi connectivity index (χ0) is 23.0. The molecule has 0 N–H and O–H groups in total. The van der Waals surface area contributed by atoms with Crippen LogP contribution in [0.5, 0.6) is 5.75 Å². The number of hydrogen-bond acceptors (Lipinski definition) is 5. The first kappa shape index (κ1) is 31.1. The predicted molar refractivity (Wildman–Crippen MR) is 130 cm³/mol. The molecule has 1 aliphatic carbocycles. The van der Waals surface area contributed by atoms with Gasteiger partial charge in [0.05, 0.1) is 14.9 Å². The van der Waals surface area contributed by atoms with Gasteiger partial charge in [0.15, 0.2) is 5.76 Å². The van der Waals surface area contributed by atoms with Gasteiger partial charge in [-0.25, -0.2) is 0 Å². The number of carbonyl (C=O) groups excluding carboxylic acids is 1. The number of fused-ring (bicyclic) bond motifs is 2. The van der Waals surface area contributed by atoms with Crippen molar-refractivity contribution < 1.29 is 78.5 Å². The second kappa shape index (κ2) is 12.9. The van der Waals surface area contributed by atoms with Crippen molar-refractivity contribution >= 4 is 80.7 Å². The van der Waals surface area contributed by atoms with Crippen molar-refractivity contribution in [3.63, 3.8) is 0 Å². The Hall–Kier alpha value is 0.0600. The molecule has 4 rings (SSSR count). The largest absolute Gasteiger partial charge is 1.00 e. The molecule has 2 aliphatic rings. The van der Waals surface area contributed by atoms with Crippen LogP contribution in [0.4, 0.5) is 0 Å². The fraction of sp³-hybridized carbons (Fsp3) is 0. The molecule has 0 bridgehead atoms. The summed E-state index contributed by atoms with van der Waals surface area (Å²) in [4.78, 5) is 24.2. The summed E-state index contributed by atoms with van der Waals surface area (Å²) in [6.07, 6.45) is 0. The average Bonchev–Trinajstić information content (AvgIpc) is 2.76. The van der Waals surface area contributed by atoms with E-state index in [0.717, 1.165) is 0 Å². The van der Waals surface area contributed by atoms with Gasteiger partial charge in [-0.3, -0.25) is 4.79 Å². The van der Waals surface area contributed by atoms with Crippen LogP contribution in [0.2, 0.25) is 0 Å². The number of benzene rings is 3. The monoisotopic (exact) mass is 716 g/mol. The van der Waals surface area contributed by atoms with Gasteiger partial charge in [-0.2, -0.15) is 0 Å². The Kier molecular flexibility index (Phi) is 12.1. The van der Waals surface area contributed by atoms with Gasteiger partial charge in [0.25, 0.3) is 0 Å². The van der Waals surface area contributed by atoms with Gasteiger partial charge in [0.1, 0.15) is 10.1 Å². The number of hydrogen-bond donors (Lipinski definition) is 0. The molecule has 2 aromatic rings. The number of carboxylic acid groups (broad SMARTS) is 1. The second-order valence-corrected chi connectivity index (χ2v) is 9.36. The molecular weight excluding hydrogens is 710 g/mol. The minimum atomic E-state index is -1.35. The Morgan fingerprint density at radius 1 is 0.909 bits per heavy atom. The van der Waals surface area contributed by atoms with Crippen molar-refractivity contribution in [3.8, 4) is 28.2 Å². The van der Waals surface area contributed by atoms with Crippen LogP contribution in [0.15, 0.2) is 76.7 Å². The van der Waals surface area contributed by atoms with Gasteiger partial charge in [-0.15, -0.1) is 13.2 Å². The summed E-state index contributed by atoms with van der Waals surface area (Å²) >= 11 is 13.0. The first-order valence-corrected chi connectivity index (χ1v) is 11.6. The molecule has 0 unspecified atom stereocenters. The van der Waals surface area contributed by atoms with Crippen LogP contribution in [0.25, 0.3) is 33.4 Å². The van der Waals surface area contributed by atoms with E-state index in [2.05, 4.69) is 76.9 Å². The fourth-order valence-electron chi connectivity index (χ4n) is 3.16. The van der Waals surface area contributed by atoms with E-state index in [1.165, 1.54) is 6.07 Å². The van der Waals surface area contributed by atoms with Crippen molar-refractivity contribution in [1.82, 2.24) is 0 Å². The van der Waals surface area contributed by atoms with E-state index in [-0.39, 0.29) is 105 Å². The third-order valence-corrected chi connectivity index (χ3v) is 7.04. The Labute approximate surface area is 267 Å². The zero-order valence-electron chi connectivity index (χ0n) is 17.4. The van der Waals surface area contributed by atoms with Crippen molar-refractivity contribution in [2.24, 2.45) is 0 Å². The van der Waals surface area contributed by atoms with E-state index in [9.17, 15) is 19.8 Å². The molecule has 11 heteroatoms. The van der Waals surface area contributed by atoms with E-state index in [1.54, 1.807) is 30.3 Å². The van der Waals surface area contributed by atoms with E-state index < -0.39 is 5.97 Å². The van der Waals surface area contributed by atoms with Crippen LogP contribution in [0, 0.1) is 0 Å². The first-order valence-electron chi connectivity index (χ1n) is 8.46. The minimum absolute atomic E-state index is 0. The number of aromatic carboxylic acids is 1. The molecule has 0 saturated carbocycles. The summed E-state index contributed by atoms with van der Waals surface area (Å²) in [6, 6.07) is 9.50. The molecule has 158 valence electrons. The topological polar surface area (TPSA) is 93.4 Å². The second-order valence-electron chi connectivity index (χ2n) is 6.07. The molecule has 0 saturated heterocycles. The maximum absolute atomic E-state index is 12.4. The molecule has 0 atom stereocenters. The Bertz CT molecular complexity index is 1390. The van der Waals surface area contributed by atoms with Crippen LogP contribution in [0.1, 0.15) is 10.4 Å². The predicted octanol–water partition coefficient (Wildman–Crippen LogP) is -0.138. The third kappa shape index (κ3) is 5.74. The Morgan fingerprint density at radius 3 is 2.12 bits per heavy atom. The van der Waals surface area contributed by atoms with Gasteiger partial charge in [-0.05, 0) is 65.5 Å². The van der Waals surface area contributed by atoms with Crippen LogP contribution < -0.4 is 74.8 Å². The van der Waals surface area contributed by atoms with Crippen molar-refractivity contribution in [2.75, 3.05) is 0 Å². The summed E-state index contributed by atoms with van der Waals surface area (Å²) in [7, 11) is 0. The van der Waals surface area contributed by atoms with Crippen molar-refractivity contribution in [3.05, 3.63) is 83.2 Å². The Morgan fingerprint density at radius 2 is 1.52 bits per heavy atom.